The number of allylic oxidation sites excluding steroid dienone is 1. The maximum absolute atomic E-state index is 11.4. The molecule has 2 heterocycles. The number of hydrogen-bond donors (Lipinski definition) is 4. The Morgan fingerprint density at radius 2 is 2.03 bits per heavy atom. The third kappa shape index (κ3) is 3.96. The number of carboxylic acids is 3. The maximum Gasteiger partial charge on any atom is 0.549 e. The Labute approximate surface area is 169 Å². The molecular formula is C17H17BN4O8. The van der Waals surface area contributed by atoms with E-state index in [4.69, 9.17) is 14.4 Å². The molecule has 0 fully saturated rings. The summed E-state index contributed by atoms with van der Waals surface area (Å²) in [5.41, 5.74) is -0.297. The number of nitrogens with zero attached hydrogens (tertiary/aromatic N) is 3. The van der Waals surface area contributed by atoms with Gasteiger partial charge in [0.05, 0.1) is 18.0 Å². The van der Waals surface area contributed by atoms with Crippen molar-refractivity contribution in [2.75, 3.05) is 7.11 Å². The van der Waals surface area contributed by atoms with Crippen molar-refractivity contribution in [2.24, 2.45) is 0 Å². The van der Waals surface area contributed by atoms with E-state index in [1.54, 1.807) is 12.1 Å². The fourth-order valence-corrected chi connectivity index (χ4v) is 3.18. The Hall–Kier alpha value is -3.87. The zero-order valence-corrected chi connectivity index (χ0v) is 15.7. The molecule has 12 nitrogen and oxygen atoms in total. The van der Waals surface area contributed by atoms with Crippen molar-refractivity contribution in [1.82, 2.24) is 20.3 Å². The minimum Gasteiger partial charge on any atom is -0.534 e. The predicted octanol–water partition coefficient (Wildman–Crippen LogP) is 0.154. The van der Waals surface area contributed by atoms with Gasteiger partial charge in [0.25, 0.3) is 0 Å². The molecule has 0 aliphatic carbocycles. The minimum atomic E-state index is -1.51. The van der Waals surface area contributed by atoms with Gasteiger partial charge in [-0.05, 0) is 18.1 Å². The molecular weight excluding hydrogens is 399 g/mol. The van der Waals surface area contributed by atoms with Crippen LogP contribution in [0.15, 0.2) is 30.5 Å². The van der Waals surface area contributed by atoms with Crippen LogP contribution in [0.2, 0.25) is 0 Å². The number of para-hydroxylation sites is 1. The van der Waals surface area contributed by atoms with Crippen molar-refractivity contribution in [3.05, 3.63) is 53.0 Å². The highest BCUT2D eigenvalue weighted by atomic mass is 16.6. The van der Waals surface area contributed by atoms with E-state index in [9.17, 15) is 24.6 Å². The minimum absolute atomic E-state index is 0.0155. The molecule has 0 saturated carbocycles. The predicted molar refractivity (Wildman–Crippen MR) is 101 cm³/mol. The molecule has 1 aromatic carbocycles. The molecule has 1 aliphatic heterocycles. The lowest BCUT2D eigenvalue weighted by molar-refractivity contribution is 0.0640. The lowest BCUT2D eigenvalue weighted by atomic mass is 9.71. The topological polar surface area (TPSA) is 173 Å². The summed E-state index contributed by atoms with van der Waals surface area (Å²) < 4.78 is 11.9. The first kappa shape index (κ1) is 20.9. The molecule has 4 N–H and O–H groups in total. The van der Waals surface area contributed by atoms with E-state index >= 15 is 0 Å². The van der Waals surface area contributed by atoms with E-state index < -0.39 is 42.4 Å². The largest absolute Gasteiger partial charge is 0.549 e. The van der Waals surface area contributed by atoms with Gasteiger partial charge in [0.1, 0.15) is 5.75 Å². The molecule has 0 unspecified atom stereocenters. The number of aromatic nitrogens is 3. The molecule has 1 aromatic heterocycles. The molecule has 1 atom stereocenters. The number of hydrogen-bond acceptors (Lipinski definition) is 8. The van der Waals surface area contributed by atoms with Crippen LogP contribution in [0.25, 0.3) is 0 Å². The van der Waals surface area contributed by atoms with E-state index in [-0.39, 0.29) is 17.9 Å². The third-order valence-corrected chi connectivity index (χ3v) is 4.43. The Morgan fingerprint density at radius 1 is 1.30 bits per heavy atom. The SMILES string of the molecule is C=C(Cn1nnc(C(=O)O)c1C(=O)O)N[C@H]1Cc2cccc(C(=O)O)c2OB1OC. The first-order chi connectivity index (χ1) is 14.2. The molecule has 0 radical (unpaired) electrons. The number of fused-ring (bicyclic) bond motifs is 1. The smallest absolute Gasteiger partial charge is 0.534 e. The highest BCUT2D eigenvalue weighted by Crippen LogP contribution is 2.31. The summed E-state index contributed by atoms with van der Waals surface area (Å²) in [6.45, 7) is 3.65. The van der Waals surface area contributed by atoms with Crippen molar-refractivity contribution in [3.8, 4) is 5.75 Å². The molecule has 156 valence electrons. The number of carbonyl (C=O) groups is 3. The van der Waals surface area contributed by atoms with Crippen molar-refractivity contribution < 1.29 is 39.0 Å². The van der Waals surface area contributed by atoms with Gasteiger partial charge in [-0.15, -0.1) is 5.10 Å². The van der Waals surface area contributed by atoms with Gasteiger partial charge in [-0.3, -0.25) is 0 Å². The second kappa shape index (κ2) is 8.25. The Balaban J connectivity index is 1.79. The molecule has 30 heavy (non-hydrogen) atoms. The van der Waals surface area contributed by atoms with E-state index in [0.717, 1.165) is 4.68 Å². The van der Waals surface area contributed by atoms with Gasteiger partial charge >= 0.3 is 25.0 Å². The van der Waals surface area contributed by atoms with Gasteiger partial charge in [0.15, 0.2) is 5.69 Å². The molecule has 0 saturated heterocycles. The fraction of sp³-hybridized carbons (Fsp3) is 0.235. The van der Waals surface area contributed by atoms with Gasteiger partial charge in [-0.25, -0.2) is 19.1 Å². The number of rotatable bonds is 8. The van der Waals surface area contributed by atoms with E-state index in [0.29, 0.717) is 17.7 Å². The highest BCUT2D eigenvalue weighted by molar-refractivity contribution is 6.48. The van der Waals surface area contributed by atoms with Crippen LogP contribution in [0.3, 0.4) is 0 Å². The zero-order valence-electron chi connectivity index (χ0n) is 15.7. The summed E-state index contributed by atoms with van der Waals surface area (Å²) in [6, 6.07) is 4.76. The van der Waals surface area contributed by atoms with Crippen molar-refractivity contribution in [1.29, 1.82) is 0 Å². The van der Waals surface area contributed by atoms with Gasteiger partial charge in [-0.2, -0.15) is 0 Å². The first-order valence-corrected chi connectivity index (χ1v) is 8.62. The summed E-state index contributed by atoms with van der Waals surface area (Å²) in [6.07, 6.45) is 0.345. The van der Waals surface area contributed by atoms with Crippen LogP contribution in [0.5, 0.6) is 5.75 Å². The van der Waals surface area contributed by atoms with Crippen molar-refractivity contribution in [3.63, 3.8) is 0 Å². The van der Waals surface area contributed by atoms with Crippen LogP contribution < -0.4 is 9.97 Å². The molecule has 13 heteroatoms. The molecule has 0 spiro atoms. The van der Waals surface area contributed by atoms with Crippen LogP contribution in [0.1, 0.15) is 36.9 Å². The van der Waals surface area contributed by atoms with Crippen LogP contribution in [-0.2, 0) is 17.6 Å². The Morgan fingerprint density at radius 3 is 2.63 bits per heavy atom. The van der Waals surface area contributed by atoms with E-state index in [2.05, 4.69) is 22.2 Å². The molecule has 0 bridgehead atoms. The summed E-state index contributed by atoms with van der Waals surface area (Å²) >= 11 is 0. The fourth-order valence-electron chi connectivity index (χ4n) is 3.18. The summed E-state index contributed by atoms with van der Waals surface area (Å²) in [5.74, 6) is -4.38. The number of carboxylic acid groups (broad SMARTS) is 3. The van der Waals surface area contributed by atoms with Gasteiger partial charge < -0.3 is 29.9 Å². The highest BCUT2D eigenvalue weighted by Gasteiger charge is 2.39. The van der Waals surface area contributed by atoms with Crippen molar-refractivity contribution >= 4 is 25.0 Å². The first-order valence-electron chi connectivity index (χ1n) is 8.62. The lowest BCUT2D eigenvalue weighted by Gasteiger charge is -2.31. The van der Waals surface area contributed by atoms with Crippen LogP contribution in [0.4, 0.5) is 0 Å². The van der Waals surface area contributed by atoms with Gasteiger partial charge in [0, 0.05) is 12.8 Å². The monoisotopic (exact) mass is 416 g/mol. The Bertz CT molecular complexity index is 1040. The van der Waals surface area contributed by atoms with Gasteiger partial charge in [0.2, 0.25) is 5.69 Å². The molecule has 0 amide bonds. The normalized spacial score (nSPS) is 15.1. The number of benzene rings is 1. The summed E-state index contributed by atoms with van der Waals surface area (Å²) in [5, 5.41) is 37.7. The molecule has 2 aromatic rings. The maximum atomic E-state index is 11.4. The van der Waals surface area contributed by atoms with Crippen LogP contribution in [-0.4, -0.2) is 68.4 Å². The quantitative estimate of drug-likeness (QED) is 0.432. The number of aromatic carboxylic acids is 3. The van der Waals surface area contributed by atoms with Crippen LogP contribution >= 0.6 is 0 Å². The second-order valence-electron chi connectivity index (χ2n) is 6.43. The summed E-state index contributed by atoms with van der Waals surface area (Å²) in [4.78, 5) is 33.9. The average Bonchev–Trinajstić information content (AvgIpc) is 3.10. The van der Waals surface area contributed by atoms with Crippen molar-refractivity contribution in [2.45, 2.75) is 18.9 Å². The van der Waals surface area contributed by atoms with Gasteiger partial charge in [-0.1, -0.05) is 23.9 Å². The third-order valence-electron chi connectivity index (χ3n) is 4.43. The lowest BCUT2D eigenvalue weighted by Crippen LogP contribution is -2.52. The average molecular weight is 416 g/mol. The molecule has 3 rings (SSSR count). The zero-order chi connectivity index (χ0) is 22.0. The molecule has 1 aliphatic rings. The second-order valence-corrected chi connectivity index (χ2v) is 6.43. The van der Waals surface area contributed by atoms with E-state index in [1.165, 1.54) is 13.2 Å². The van der Waals surface area contributed by atoms with E-state index in [1.807, 2.05) is 0 Å². The standard InChI is InChI=1S/C17H17BN4O8/c1-8(7-22-13(17(27)28)12(16(25)26)20-21-22)19-11-6-9-4-3-5-10(15(23)24)14(9)30-18(11)29-2/h3-5,11,19H,1,6-7H2,2H3,(H,23,24)(H,25,26)(H,27,28)/t11-/m0/s1. The number of nitrogens with one attached hydrogen (secondary N) is 1. The van der Waals surface area contributed by atoms with Crippen LogP contribution in [0, 0.1) is 0 Å². The Kier molecular flexibility index (Phi) is 5.73. The summed E-state index contributed by atoms with van der Waals surface area (Å²) in [7, 11) is 0.550.